The van der Waals surface area contributed by atoms with E-state index in [4.69, 9.17) is 14.6 Å². The average Bonchev–Trinajstić information content (AvgIpc) is 2.47. The molecule has 0 aliphatic rings. The average molecular weight is 268 g/mol. The quantitative estimate of drug-likeness (QED) is 0.672. The second kappa shape index (κ2) is 8.91. The van der Waals surface area contributed by atoms with Crippen molar-refractivity contribution in [3.63, 3.8) is 0 Å². The Bertz CT molecular complexity index is 337. The van der Waals surface area contributed by atoms with E-state index in [0.29, 0.717) is 13.2 Å². The van der Waals surface area contributed by atoms with Crippen LogP contribution in [0.1, 0.15) is 25.3 Å². The summed E-state index contributed by atoms with van der Waals surface area (Å²) in [5.41, 5.74) is 1.09. The fourth-order valence-corrected chi connectivity index (χ4v) is 1.96. The number of hydrogen-bond donors (Lipinski definition) is 2. The third-order valence-electron chi connectivity index (χ3n) is 3.32. The molecule has 19 heavy (non-hydrogen) atoms. The molecule has 1 aromatic carbocycles. The summed E-state index contributed by atoms with van der Waals surface area (Å²) in [4.78, 5) is 0. The number of aliphatic hydroxyl groups excluding tert-OH is 2. The maximum Gasteiger partial charge on any atom is 0.118 e. The van der Waals surface area contributed by atoms with E-state index in [1.54, 1.807) is 7.11 Å². The number of ether oxygens (including phenoxy) is 2. The van der Waals surface area contributed by atoms with Gasteiger partial charge in [-0.1, -0.05) is 25.5 Å². The van der Waals surface area contributed by atoms with Gasteiger partial charge in [-0.25, -0.2) is 0 Å². The van der Waals surface area contributed by atoms with Gasteiger partial charge in [0.2, 0.25) is 0 Å². The largest absolute Gasteiger partial charge is 0.497 e. The van der Waals surface area contributed by atoms with E-state index in [-0.39, 0.29) is 12.5 Å². The highest BCUT2D eigenvalue weighted by atomic mass is 16.5. The molecule has 1 aromatic rings. The van der Waals surface area contributed by atoms with Gasteiger partial charge in [0.05, 0.1) is 26.4 Å². The summed E-state index contributed by atoms with van der Waals surface area (Å²) in [7, 11) is 1.64. The van der Waals surface area contributed by atoms with Crippen LogP contribution in [0.25, 0.3) is 0 Å². The van der Waals surface area contributed by atoms with Crippen LogP contribution >= 0.6 is 0 Å². The first kappa shape index (κ1) is 16.0. The third-order valence-corrected chi connectivity index (χ3v) is 3.32. The van der Waals surface area contributed by atoms with Gasteiger partial charge in [0.25, 0.3) is 0 Å². The molecule has 0 aliphatic heterocycles. The summed E-state index contributed by atoms with van der Waals surface area (Å²) in [5, 5.41) is 18.5. The van der Waals surface area contributed by atoms with Crippen LogP contribution in [0.5, 0.6) is 5.75 Å². The summed E-state index contributed by atoms with van der Waals surface area (Å²) in [6.45, 7) is 2.96. The predicted molar refractivity (Wildman–Crippen MR) is 74.1 cm³/mol. The number of aliphatic hydroxyl groups is 2. The highest BCUT2D eigenvalue weighted by molar-refractivity contribution is 5.26. The SMILES string of the molecule is CCC(CCOCc1ccc(OC)cc1)[C@H](O)CO. The molecule has 0 amide bonds. The van der Waals surface area contributed by atoms with Crippen LogP contribution in [0, 0.1) is 5.92 Å². The first-order valence-corrected chi connectivity index (χ1v) is 6.70. The highest BCUT2D eigenvalue weighted by Gasteiger charge is 2.15. The minimum atomic E-state index is -0.644. The normalized spacial score (nSPS) is 14.1. The van der Waals surface area contributed by atoms with Crippen LogP contribution in [0.15, 0.2) is 24.3 Å². The molecular weight excluding hydrogens is 244 g/mol. The summed E-state index contributed by atoms with van der Waals surface area (Å²) < 4.78 is 10.7. The molecule has 0 heterocycles. The molecule has 2 atom stereocenters. The molecule has 1 unspecified atom stereocenters. The fourth-order valence-electron chi connectivity index (χ4n) is 1.96. The minimum Gasteiger partial charge on any atom is -0.497 e. The van der Waals surface area contributed by atoms with E-state index in [9.17, 15) is 5.11 Å². The molecule has 0 spiro atoms. The summed E-state index contributed by atoms with van der Waals surface area (Å²) in [6.07, 6.45) is 0.955. The van der Waals surface area contributed by atoms with E-state index in [2.05, 4.69) is 0 Å². The highest BCUT2D eigenvalue weighted by Crippen LogP contribution is 2.15. The lowest BCUT2D eigenvalue weighted by atomic mass is 9.97. The van der Waals surface area contributed by atoms with E-state index in [1.165, 1.54) is 0 Å². The zero-order valence-corrected chi connectivity index (χ0v) is 11.7. The molecule has 0 fully saturated rings. The van der Waals surface area contributed by atoms with E-state index in [0.717, 1.165) is 24.2 Å². The lowest BCUT2D eigenvalue weighted by Gasteiger charge is -2.19. The first-order chi connectivity index (χ1) is 9.21. The Morgan fingerprint density at radius 2 is 1.89 bits per heavy atom. The van der Waals surface area contributed by atoms with Crippen molar-refractivity contribution in [2.24, 2.45) is 5.92 Å². The summed E-state index contributed by atoms with van der Waals surface area (Å²) in [5.74, 6) is 0.932. The Hall–Kier alpha value is -1.10. The van der Waals surface area contributed by atoms with Crippen molar-refractivity contribution in [2.45, 2.75) is 32.5 Å². The van der Waals surface area contributed by atoms with Crippen molar-refractivity contribution < 1.29 is 19.7 Å². The third kappa shape index (κ3) is 5.59. The monoisotopic (exact) mass is 268 g/mol. The molecular formula is C15H24O4. The van der Waals surface area contributed by atoms with Gasteiger partial charge in [-0.2, -0.15) is 0 Å². The van der Waals surface area contributed by atoms with Gasteiger partial charge in [0.1, 0.15) is 5.75 Å². The molecule has 0 aromatic heterocycles. The van der Waals surface area contributed by atoms with E-state index >= 15 is 0 Å². The number of hydrogen-bond acceptors (Lipinski definition) is 4. The van der Waals surface area contributed by atoms with Crippen LogP contribution in [0.4, 0.5) is 0 Å². The first-order valence-electron chi connectivity index (χ1n) is 6.70. The molecule has 108 valence electrons. The zero-order valence-electron chi connectivity index (χ0n) is 11.7. The topological polar surface area (TPSA) is 58.9 Å². The summed E-state index contributed by atoms with van der Waals surface area (Å²) >= 11 is 0. The Labute approximate surface area is 115 Å². The molecule has 0 aliphatic carbocycles. The fraction of sp³-hybridized carbons (Fsp3) is 0.600. The van der Waals surface area contributed by atoms with Crippen molar-refractivity contribution in [1.82, 2.24) is 0 Å². The zero-order chi connectivity index (χ0) is 14.1. The van der Waals surface area contributed by atoms with Crippen LogP contribution in [-0.2, 0) is 11.3 Å². The molecule has 4 nitrogen and oxygen atoms in total. The molecule has 0 saturated carbocycles. The Morgan fingerprint density at radius 3 is 2.42 bits per heavy atom. The Kier molecular flexibility index (Phi) is 7.48. The van der Waals surface area contributed by atoms with Crippen molar-refractivity contribution in [1.29, 1.82) is 0 Å². The molecule has 0 bridgehead atoms. The van der Waals surface area contributed by atoms with Gasteiger partial charge in [-0.05, 0) is 30.0 Å². The van der Waals surface area contributed by atoms with Crippen molar-refractivity contribution in [2.75, 3.05) is 20.3 Å². The maximum atomic E-state index is 9.57. The van der Waals surface area contributed by atoms with Gasteiger partial charge in [-0.15, -0.1) is 0 Å². The van der Waals surface area contributed by atoms with Crippen molar-refractivity contribution in [3.05, 3.63) is 29.8 Å². The smallest absolute Gasteiger partial charge is 0.118 e. The lowest BCUT2D eigenvalue weighted by molar-refractivity contribution is 0.0235. The second-order valence-corrected chi connectivity index (χ2v) is 4.61. The van der Waals surface area contributed by atoms with Gasteiger partial charge in [0.15, 0.2) is 0 Å². The molecule has 0 saturated heterocycles. The van der Waals surface area contributed by atoms with Gasteiger partial charge < -0.3 is 19.7 Å². The van der Waals surface area contributed by atoms with Crippen LogP contribution in [0.3, 0.4) is 0 Å². The van der Waals surface area contributed by atoms with E-state index < -0.39 is 6.10 Å². The number of methoxy groups -OCH3 is 1. The van der Waals surface area contributed by atoms with Gasteiger partial charge in [0, 0.05) is 6.61 Å². The van der Waals surface area contributed by atoms with Crippen LogP contribution in [0.2, 0.25) is 0 Å². The molecule has 4 heteroatoms. The van der Waals surface area contributed by atoms with Crippen LogP contribution in [-0.4, -0.2) is 36.6 Å². The second-order valence-electron chi connectivity index (χ2n) is 4.61. The van der Waals surface area contributed by atoms with Crippen molar-refractivity contribution in [3.8, 4) is 5.75 Å². The Balaban J connectivity index is 2.25. The minimum absolute atomic E-state index is 0.0980. The standard InChI is InChI=1S/C15H24O4/c1-3-13(15(17)10-16)8-9-19-11-12-4-6-14(18-2)7-5-12/h4-7,13,15-17H,3,8-11H2,1-2H3/t13?,15-/m1/s1. The van der Waals surface area contributed by atoms with Gasteiger partial charge in [-0.3, -0.25) is 0 Å². The lowest BCUT2D eigenvalue weighted by Crippen LogP contribution is -2.24. The van der Waals surface area contributed by atoms with Crippen LogP contribution < -0.4 is 4.74 Å². The molecule has 2 N–H and O–H groups in total. The summed E-state index contributed by atoms with van der Waals surface area (Å²) in [6, 6.07) is 7.75. The Morgan fingerprint density at radius 1 is 1.21 bits per heavy atom. The molecule has 1 rings (SSSR count). The van der Waals surface area contributed by atoms with Crippen molar-refractivity contribution >= 4 is 0 Å². The predicted octanol–water partition coefficient (Wildman–Crippen LogP) is 1.98. The maximum absolute atomic E-state index is 9.57. The van der Waals surface area contributed by atoms with E-state index in [1.807, 2.05) is 31.2 Å². The molecule has 0 radical (unpaired) electrons. The number of rotatable bonds is 9. The van der Waals surface area contributed by atoms with Gasteiger partial charge >= 0.3 is 0 Å². The number of benzene rings is 1.